The highest BCUT2D eigenvalue weighted by Gasteiger charge is 2.41. The van der Waals surface area contributed by atoms with Gasteiger partial charge in [0.05, 0.1) is 29.2 Å². The van der Waals surface area contributed by atoms with Crippen LogP contribution < -0.4 is 9.47 Å². The van der Waals surface area contributed by atoms with Gasteiger partial charge in [0.15, 0.2) is 17.5 Å². The summed E-state index contributed by atoms with van der Waals surface area (Å²) < 4.78 is 50.5. The summed E-state index contributed by atoms with van der Waals surface area (Å²) in [5, 5.41) is 22.1. The van der Waals surface area contributed by atoms with Crippen molar-refractivity contribution in [3.05, 3.63) is 64.6 Å². The number of benzene rings is 2. The van der Waals surface area contributed by atoms with Crippen LogP contribution in [0.5, 0.6) is 11.5 Å². The van der Waals surface area contributed by atoms with Crippen molar-refractivity contribution in [3.63, 3.8) is 0 Å². The van der Waals surface area contributed by atoms with Crippen molar-refractivity contribution in [2.75, 3.05) is 33.4 Å². The first-order valence-corrected chi connectivity index (χ1v) is 12.5. The number of rotatable bonds is 10. The minimum absolute atomic E-state index is 0.0976. The zero-order valence-electron chi connectivity index (χ0n) is 20.7. The molecule has 0 bridgehead atoms. The van der Waals surface area contributed by atoms with Crippen molar-refractivity contribution in [1.29, 1.82) is 0 Å². The number of ether oxygens (including phenoxy) is 2. The molecule has 0 saturated carbocycles. The highest BCUT2D eigenvalue weighted by molar-refractivity contribution is 6.32. The summed E-state index contributed by atoms with van der Waals surface area (Å²) in [6, 6.07) is 6.83. The fourth-order valence-electron chi connectivity index (χ4n) is 4.87. The quantitative estimate of drug-likeness (QED) is 0.327. The molecule has 11 heteroatoms. The highest BCUT2D eigenvalue weighted by Crippen LogP contribution is 2.41. The zero-order chi connectivity index (χ0) is 27.4. The fraction of sp³-hybridized carbons (Fsp3) is 0.407. The number of carboxylic acid groups (broad SMARTS) is 1. The molecule has 1 aliphatic rings. The average Bonchev–Trinajstić information content (AvgIpc) is 2.90. The van der Waals surface area contributed by atoms with E-state index in [9.17, 15) is 28.2 Å². The van der Waals surface area contributed by atoms with E-state index < -0.39 is 34.9 Å². The number of hydrogen-bond acceptors (Lipinski definition) is 6. The molecule has 1 saturated heterocycles. The maximum atomic E-state index is 13.4. The van der Waals surface area contributed by atoms with Gasteiger partial charge in [0.25, 0.3) is 0 Å². The Hall–Kier alpha value is -3.08. The van der Waals surface area contributed by atoms with Crippen LogP contribution in [0.4, 0.5) is 13.2 Å². The lowest BCUT2D eigenvalue weighted by atomic mass is 9.74. The summed E-state index contributed by atoms with van der Waals surface area (Å²) in [6.07, 6.45) is 1.61. The molecule has 2 aromatic carbocycles. The van der Waals surface area contributed by atoms with Crippen LogP contribution in [0.3, 0.4) is 0 Å². The lowest BCUT2D eigenvalue weighted by Gasteiger charge is -2.39. The van der Waals surface area contributed by atoms with Gasteiger partial charge in [-0.2, -0.15) is 0 Å². The Kier molecular flexibility index (Phi) is 8.64. The van der Waals surface area contributed by atoms with Crippen molar-refractivity contribution in [1.82, 2.24) is 9.88 Å². The molecule has 0 radical (unpaired) electrons. The molecule has 38 heavy (non-hydrogen) atoms. The van der Waals surface area contributed by atoms with Crippen LogP contribution in [-0.4, -0.2) is 59.4 Å². The van der Waals surface area contributed by atoms with Crippen LogP contribution in [0.1, 0.15) is 37.4 Å². The smallest absolute Gasteiger partial charge is 0.309 e. The number of carbonyl (C=O) groups is 1. The molecule has 2 heterocycles. The second-order valence-electron chi connectivity index (χ2n) is 9.43. The maximum absolute atomic E-state index is 13.4. The third-order valence-electron chi connectivity index (χ3n) is 7.20. The summed E-state index contributed by atoms with van der Waals surface area (Å²) in [4.78, 5) is 18.6. The van der Waals surface area contributed by atoms with Crippen LogP contribution >= 0.6 is 11.6 Å². The number of fused-ring (bicyclic) bond motifs is 1. The van der Waals surface area contributed by atoms with E-state index in [2.05, 4.69) is 4.98 Å². The number of piperidine rings is 1. The lowest BCUT2D eigenvalue weighted by Crippen LogP contribution is -2.45. The zero-order valence-corrected chi connectivity index (χ0v) is 21.5. The van der Waals surface area contributed by atoms with Gasteiger partial charge in [-0.25, -0.2) is 13.2 Å². The highest BCUT2D eigenvalue weighted by atomic mass is 35.5. The molecule has 2 N–H and O–H groups in total. The maximum Gasteiger partial charge on any atom is 0.309 e. The Morgan fingerprint density at radius 2 is 1.84 bits per heavy atom. The number of aromatic nitrogens is 1. The number of hydrogen-bond donors (Lipinski definition) is 2. The van der Waals surface area contributed by atoms with Gasteiger partial charge in [-0.1, -0.05) is 11.6 Å². The predicted octanol–water partition coefficient (Wildman–Crippen LogP) is 5.37. The number of pyridine rings is 1. The van der Waals surface area contributed by atoms with E-state index in [1.165, 1.54) is 13.3 Å². The second kappa shape index (κ2) is 11.8. The molecular formula is C27H28ClF3N2O5. The molecular weight excluding hydrogens is 525 g/mol. The summed E-state index contributed by atoms with van der Waals surface area (Å²) >= 11 is 6.39. The number of likely N-dealkylation sites (tertiary alicyclic amines) is 1. The third-order valence-corrected chi connectivity index (χ3v) is 7.50. The molecule has 7 nitrogen and oxygen atoms in total. The Morgan fingerprint density at radius 1 is 1.16 bits per heavy atom. The summed E-state index contributed by atoms with van der Waals surface area (Å²) in [5.41, 5.74) is 0.104. The van der Waals surface area contributed by atoms with Gasteiger partial charge in [-0.3, -0.25) is 14.7 Å². The van der Waals surface area contributed by atoms with Gasteiger partial charge in [0, 0.05) is 35.8 Å². The number of aliphatic hydroxyl groups is 1. The Bertz CT molecular complexity index is 1290. The van der Waals surface area contributed by atoms with Crippen molar-refractivity contribution in [2.45, 2.75) is 31.8 Å². The first-order valence-electron chi connectivity index (χ1n) is 12.2. The summed E-state index contributed by atoms with van der Waals surface area (Å²) in [7, 11) is 1.53. The monoisotopic (exact) mass is 552 g/mol. The van der Waals surface area contributed by atoms with E-state index in [0.717, 1.165) is 12.1 Å². The van der Waals surface area contributed by atoms with Gasteiger partial charge in [-0.15, -0.1) is 0 Å². The molecule has 0 aliphatic carbocycles. The Labute approximate surface area is 222 Å². The summed E-state index contributed by atoms with van der Waals surface area (Å²) in [5.74, 6) is -4.67. The fourth-order valence-corrected chi connectivity index (χ4v) is 5.15. The van der Waals surface area contributed by atoms with Crippen molar-refractivity contribution < 1.29 is 37.7 Å². The van der Waals surface area contributed by atoms with Gasteiger partial charge < -0.3 is 19.7 Å². The van der Waals surface area contributed by atoms with Crippen LogP contribution in [-0.2, 0) is 4.79 Å². The molecule has 1 unspecified atom stereocenters. The molecule has 1 atom stereocenters. The number of nitrogens with zero attached hydrogens (tertiary/aromatic N) is 2. The van der Waals surface area contributed by atoms with Gasteiger partial charge in [0.1, 0.15) is 18.1 Å². The molecule has 204 valence electrons. The Morgan fingerprint density at radius 3 is 2.47 bits per heavy atom. The third kappa shape index (κ3) is 5.98. The van der Waals surface area contributed by atoms with Gasteiger partial charge >= 0.3 is 5.97 Å². The molecule has 3 aromatic rings. The number of aliphatic carboxylic acids is 1. The topological polar surface area (TPSA) is 92.1 Å². The lowest BCUT2D eigenvalue weighted by molar-refractivity contribution is -0.153. The van der Waals surface area contributed by atoms with E-state index in [0.29, 0.717) is 59.7 Å². The van der Waals surface area contributed by atoms with Gasteiger partial charge in [-0.05, 0) is 57.0 Å². The first kappa shape index (κ1) is 27.9. The van der Waals surface area contributed by atoms with Crippen LogP contribution in [0.25, 0.3) is 10.9 Å². The van der Waals surface area contributed by atoms with Crippen molar-refractivity contribution >= 4 is 28.5 Å². The largest absolute Gasteiger partial charge is 0.497 e. The number of halogens is 4. The summed E-state index contributed by atoms with van der Waals surface area (Å²) in [6.45, 7) is 1.43. The van der Waals surface area contributed by atoms with Crippen LogP contribution in [0.15, 0.2) is 36.5 Å². The van der Waals surface area contributed by atoms with E-state index in [4.69, 9.17) is 21.1 Å². The first-order chi connectivity index (χ1) is 18.1. The van der Waals surface area contributed by atoms with E-state index in [1.807, 2.05) is 4.90 Å². The molecule has 4 rings (SSSR count). The van der Waals surface area contributed by atoms with E-state index in [-0.39, 0.29) is 25.2 Å². The number of methoxy groups -OCH3 is 1. The minimum atomic E-state index is -1.55. The van der Waals surface area contributed by atoms with E-state index >= 15 is 0 Å². The second-order valence-corrected chi connectivity index (χ2v) is 9.84. The van der Waals surface area contributed by atoms with E-state index in [1.54, 1.807) is 18.2 Å². The average molecular weight is 553 g/mol. The molecule has 1 fully saturated rings. The normalized spacial score (nSPS) is 16.4. The molecule has 0 amide bonds. The number of aliphatic hydroxyl groups excluding tert-OH is 1. The minimum Gasteiger partial charge on any atom is -0.497 e. The molecule has 1 aliphatic heterocycles. The van der Waals surface area contributed by atoms with Crippen LogP contribution in [0, 0.1) is 22.9 Å². The molecule has 1 aromatic heterocycles. The van der Waals surface area contributed by atoms with Crippen LogP contribution in [0.2, 0.25) is 5.02 Å². The van der Waals surface area contributed by atoms with Crippen molar-refractivity contribution in [2.24, 2.45) is 5.41 Å². The SMILES string of the molecule is COc1ccc2ncc(Cl)c(C(O)CCC3(C(=O)O)CCN(CCOc4cc(F)c(F)c(F)c4)CC3)c2c1. The van der Waals surface area contributed by atoms with Gasteiger partial charge in [0.2, 0.25) is 0 Å². The Balaban J connectivity index is 1.36. The molecule has 0 spiro atoms. The number of carboxylic acids is 1. The standard InChI is InChI=1S/C27H28ClF3N2O5/c1-37-16-2-3-22-18(12-16)24(19(28)15-32-22)23(34)4-5-27(26(35)36)6-8-33(9-7-27)10-11-38-17-13-20(29)25(31)21(30)14-17/h2-3,12-15,23,34H,4-11H2,1H3,(H,35,36). The van der Waals surface area contributed by atoms with Crippen molar-refractivity contribution in [3.8, 4) is 11.5 Å². The predicted molar refractivity (Wildman–Crippen MR) is 135 cm³/mol.